The van der Waals surface area contributed by atoms with Crippen LogP contribution < -0.4 is 16.0 Å². The molecule has 15 nitrogen and oxygen atoms in total. The van der Waals surface area contributed by atoms with E-state index in [1.807, 2.05) is 0 Å². The number of unbranched alkanes of at least 4 members (excludes halogenated alkanes) is 15. The summed E-state index contributed by atoms with van der Waals surface area (Å²) in [5.74, 6) is -2.54. The Morgan fingerprint density at radius 3 is 1.58 bits per heavy atom. The second-order valence-corrected chi connectivity index (χ2v) is 12.7. The van der Waals surface area contributed by atoms with Crippen LogP contribution in [-0.2, 0) is 47.7 Å². The molecule has 2 amide bonds. The lowest BCUT2D eigenvalue weighted by Crippen LogP contribution is -2.41. The van der Waals surface area contributed by atoms with Gasteiger partial charge in [0.2, 0.25) is 11.8 Å². The maximum Gasteiger partial charge on any atom is 0.326 e. The molecule has 0 aliphatic rings. The number of amides is 2. The van der Waals surface area contributed by atoms with Crippen molar-refractivity contribution in [2.45, 2.75) is 141 Å². The minimum atomic E-state index is -1.18. The highest BCUT2D eigenvalue weighted by Crippen LogP contribution is 2.14. The molecule has 0 saturated heterocycles. The van der Waals surface area contributed by atoms with Gasteiger partial charge in [-0.25, -0.2) is 4.79 Å². The Kier molecular flexibility index (Phi) is 35.6. The van der Waals surface area contributed by atoms with Crippen LogP contribution in [0.4, 0.5) is 0 Å². The molecule has 0 rings (SSSR count). The van der Waals surface area contributed by atoms with Crippen LogP contribution in [0.15, 0.2) is 0 Å². The third-order valence-electron chi connectivity index (χ3n) is 8.20. The smallest absolute Gasteiger partial charge is 0.326 e. The largest absolute Gasteiger partial charge is 0.481 e. The molecule has 0 aliphatic heterocycles. The molecule has 0 saturated carbocycles. The zero-order valence-electron chi connectivity index (χ0n) is 31.3. The van der Waals surface area contributed by atoms with E-state index in [-0.39, 0.29) is 70.5 Å². The van der Waals surface area contributed by atoms with Crippen molar-refractivity contribution in [2.24, 2.45) is 0 Å². The summed E-state index contributed by atoms with van der Waals surface area (Å²) in [7, 11) is 0. The van der Waals surface area contributed by atoms with Gasteiger partial charge in [-0.15, -0.1) is 0 Å². The number of ether oxygens (including phenoxy) is 4. The van der Waals surface area contributed by atoms with Crippen LogP contribution in [0.2, 0.25) is 0 Å². The lowest BCUT2D eigenvalue weighted by molar-refractivity contribution is -0.142. The van der Waals surface area contributed by atoms with Crippen LogP contribution in [0.1, 0.15) is 128 Å². The first-order valence-electron chi connectivity index (χ1n) is 19.3. The Morgan fingerprint density at radius 1 is 0.558 bits per heavy atom. The maximum absolute atomic E-state index is 12.3. The van der Waals surface area contributed by atoms with Crippen molar-refractivity contribution in [2.75, 3.05) is 59.3 Å². The van der Waals surface area contributed by atoms with Crippen molar-refractivity contribution in [1.82, 2.24) is 16.0 Å². The van der Waals surface area contributed by atoms with Gasteiger partial charge >= 0.3 is 11.9 Å². The number of hydrogen-bond acceptors (Lipinski definition) is 11. The maximum atomic E-state index is 12.3. The molecule has 0 heterocycles. The summed E-state index contributed by atoms with van der Waals surface area (Å²) in [5.41, 5.74) is 0. The molecule has 302 valence electrons. The van der Waals surface area contributed by atoms with Crippen LogP contribution >= 0.6 is 0 Å². The molecule has 0 bridgehead atoms. The van der Waals surface area contributed by atoms with Gasteiger partial charge in [0.15, 0.2) is 12.5 Å². The molecule has 1 unspecified atom stereocenters. The Balaban J connectivity index is 3.71. The molecule has 0 aromatic carbocycles. The van der Waals surface area contributed by atoms with E-state index < -0.39 is 24.2 Å². The number of rotatable bonds is 41. The van der Waals surface area contributed by atoms with Gasteiger partial charge in [-0.2, -0.15) is 0 Å². The van der Waals surface area contributed by atoms with Gasteiger partial charge in [-0.3, -0.25) is 24.5 Å². The van der Waals surface area contributed by atoms with Crippen LogP contribution in [0, 0.1) is 0 Å². The molecule has 0 radical (unpaired) electrons. The first-order chi connectivity index (χ1) is 25.3. The topological polar surface area (TPSA) is 216 Å². The molecular weight excluding hydrogens is 678 g/mol. The molecule has 0 aromatic heterocycles. The lowest BCUT2D eigenvalue weighted by Gasteiger charge is -2.15. The fourth-order valence-electron chi connectivity index (χ4n) is 5.29. The highest BCUT2D eigenvalue weighted by Gasteiger charge is 2.20. The van der Waals surface area contributed by atoms with Gasteiger partial charge in [-0.05, 0) is 19.3 Å². The number of carbonyl (C=O) groups is 6. The van der Waals surface area contributed by atoms with Crippen molar-refractivity contribution in [3.8, 4) is 0 Å². The molecule has 0 aromatic rings. The normalized spacial score (nSPS) is 12.2. The number of aliphatic carboxylic acids is 2. The summed E-state index contributed by atoms with van der Waals surface area (Å²) in [5, 5.41) is 26.2. The fourth-order valence-corrected chi connectivity index (χ4v) is 5.29. The predicted molar refractivity (Wildman–Crippen MR) is 195 cm³/mol. The number of carbonyl (C=O) groups excluding carboxylic acids is 4. The Morgan fingerprint density at radius 2 is 1.06 bits per heavy atom. The minimum absolute atomic E-state index is 0.0170. The molecule has 0 spiro atoms. The Hall–Kier alpha value is -2.98. The van der Waals surface area contributed by atoms with E-state index in [9.17, 15) is 33.9 Å². The van der Waals surface area contributed by atoms with E-state index >= 15 is 0 Å². The van der Waals surface area contributed by atoms with Crippen molar-refractivity contribution in [3.05, 3.63) is 0 Å². The monoisotopic (exact) mass is 745 g/mol. The van der Waals surface area contributed by atoms with Crippen molar-refractivity contribution >= 4 is 36.3 Å². The van der Waals surface area contributed by atoms with Crippen LogP contribution in [0.25, 0.3) is 0 Å². The molecule has 15 heteroatoms. The standard InChI is InChI=1S/C37H67N3O12/c41-23-26-51-28-27-49-25-22-39-35(31-42)52-30-29-50-24-21-38-33(43)20-19-32(37(47)48)40-34(44)17-15-13-11-9-7-5-3-1-2-4-6-8-10-12-14-16-18-36(45)46/h23,31-32,35,39H,1-22,24-30H2,(H,38,43)(H,40,44)(H,45,46)(H,47,48)/t32-,35?/m0/s1. The fraction of sp³-hybridized carbons (Fsp3) is 0.838. The molecule has 0 aliphatic carbocycles. The zero-order valence-corrected chi connectivity index (χ0v) is 31.3. The molecular formula is C37H67N3O12. The Labute approximate surface area is 310 Å². The van der Waals surface area contributed by atoms with Gasteiger partial charge in [-0.1, -0.05) is 89.9 Å². The SMILES string of the molecule is O=CCOCCOCCNC(C=O)OCCOCCNC(=O)CC[C@H](NC(=O)CCCCCCCCCCCCCCCCCCC(=O)O)C(=O)O. The highest BCUT2D eigenvalue weighted by atomic mass is 16.5. The predicted octanol–water partition coefficient (Wildman–Crippen LogP) is 3.94. The van der Waals surface area contributed by atoms with E-state index in [0.29, 0.717) is 45.4 Å². The minimum Gasteiger partial charge on any atom is -0.481 e. The molecule has 5 N–H and O–H groups in total. The number of hydrogen-bond donors (Lipinski definition) is 5. The van der Waals surface area contributed by atoms with E-state index in [1.165, 1.54) is 57.8 Å². The average Bonchev–Trinajstić information content (AvgIpc) is 3.12. The highest BCUT2D eigenvalue weighted by molar-refractivity contribution is 5.84. The van der Waals surface area contributed by atoms with Gasteiger partial charge in [0.1, 0.15) is 18.9 Å². The summed E-state index contributed by atoms with van der Waals surface area (Å²) in [6.07, 6.45) is 18.8. The van der Waals surface area contributed by atoms with Crippen molar-refractivity contribution < 1.29 is 57.9 Å². The van der Waals surface area contributed by atoms with Gasteiger partial charge in [0.25, 0.3) is 0 Å². The van der Waals surface area contributed by atoms with E-state index in [1.54, 1.807) is 0 Å². The quantitative estimate of drug-likeness (QED) is 0.0341. The third kappa shape index (κ3) is 35.4. The van der Waals surface area contributed by atoms with Crippen molar-refractivity contribution in [1.29, 1.82) is 0 Å². The van der Waals surface area contributed by atoms with Gasteiger partial charge in [0, 0.05) is 32.4 Å². The van der Waals surface area contributed by atoms with E-state index in [2.05, 4.69) is 16.0 Å². The summed E-state index contributed by atoms with van der Waals surface area (Å²) in [6, 6.07) is -1.13. The van der Waals surface area contributed by atoms with E-state index in [0.717, 1.165) is 38.5 Å². The van der Waals surface area contributed by atoms with Gasteiger partial charge in [0.05, 0.1) is 39.6 Å². The van der Waals surface area contributed by atoms with Crippen LogP contribution in [0.5, 0.6) is 0 Å². The number of aldehydes is 2. The van der Waals surface area contributed by atoms with Crippen LogP contribution in [0.3, 0.4) is 0 Å². The van der Waals surface area contributed by atoms with Crippen molar-refractivity contribution in [3.63, 3.8) is 0 Å². The van der Waals surface area contributed by atoms with E-state index in [4.69, 9.17) is 24.1 Å². The summed E-state index contributed by atoms with van der Waals surface area (Å²) in [6.45, 7) is 2.14. The summed E-state index contributed by atoms with van der Waals surface area (Å²) < 4.78 is 21.0. The zero-order chi connectivity index (χ0) is 38.3. The Bertz CT molecular complexity index is 924. The molecule has 2 atom stereocenters. The third-order valence-corrected chi connectivity index (χ3v) is 8.20. The lowest BCUT2D eigenvalue weighted by atomic mass is 10.0. The number of carboxylic acids is 2. The molecule has 52 heavy (non-hydrogen) atoms. The number of carboxylic acid groups (broad SMARTS) is 2. The number of nitrogens with one attached hydrogen (secondary N) is 3. The van der Waals surface area contributed by atoms with Gasteiger partial charge < -0.3 is 44.6 Å². The summed E-state index contributed by atoms with van der Waals surface area (Å²) >= 11 is 0. The molecule has 0 fully saturated rings. The second-order valence-electron chi connectivity index (χ2n) is 12.7. The second kappa shape index (κ2) is 37.8. The average molecular weight is 746 g/mol. The summed E-state index contributed by atoms with van der Waals surface area (Å²) in [4.78, 5) is 67.8. The first kappa shape index (κ1) is 49.0. The first-order valence-corrected chi connectivity index (χ1v) is 19.3. The van der Waals surface area contributed by atoms with Crippen LogP contribution in [-0.4, -0.2) is 118 Å².